The summed E-state index contributed by atoms with van der Waals surface area (Å²) in [6.07, 6.45) is -0.346. The van der Waals surface area contributed by atoms with E-state index in [1.165, 1.54) is 17.0 Å². The Morgan fingerprint density at radius 1 is 1.27 bits per heavy atom. The molecule has 2 heterocycles. The van der Waals surface area contributed by atoms with Gasteiger partial charge in [0.1, 0.15) is 0 Å². The van der Waals surface area contributed by atoms with Crippen molar-refractivity contribution in [3.63, 3.8) is 0 Å². The molecule has 8 nitrogen and oxygen atoms in total. The molecule has 1 amide bonds. The van der Waals surface area contributed by atoms with Gasteiger partial charge in [0, 0.05) is 11.6 Å². The summed E-state index contributed by atoms with van der Waals surface area (Å²) in [5.41, 5.74) is 1.47. The fourth-order valence-electron chi connectivity index (χ4n) is 2.68. The first-order valence-electron chi connectivity index (χ1n) is 8.14. The summed E-state index contributed by atoms with van der Waals surface area (Å²) in [4.78, 5) is 40.7. The fraction of sp³-hybridized carbons (Fsp3) is 0.278. The predicted molar refractivity (Wildman–Crippen MR) is 93.5 cm³/mol. The van der Waals surface area contributed by atoms with Gasteiger partial charge in [0.25, 0.3) is 11.7 Å². The average Bonchev–Trinajstić information content (AvgIpc) is 2.63. The molecule has 1 unspecified atom stereocenters. The molecule has 1 aromatic carbocycles. The molecule has 1 aliphatic heterocycles. The number of fused-ring (bicyclic) bond motifs is 1. The molecule has 26 heavy (non-hydrogen) atoms. The first-order chi connectivity index (χ1) is 12.4. The third kappa shape index (κ3) is 3.26. The third-order valence-electron chi connectivity index (χ3n) is 4.12. The second-order valence-electron chi connectivity index (χ2n) is 5.98. The third-order valence-corrected chi connectivity index (χ3v) is 4.12. The normalized spacial score (nSPS) is 16.0. The molecule has 1 aliphatic rings. The summed E-state index contributed by atoms with van der Waals surface area (Å²) in [7, 11) is 0. The highest BCUT2D eigenvalue weighted by atomic mass is 16.6. The van der Waals surface area contributed by atoms with E-state index in [1.54, 1.807) is 31.2 Å². The van der Waals surface area contributed by atoms with Crippen molar-refractivity contribution in [2.45, 2.75) is 26.4 Å². The highest BCUT2D eigenvalue weighted by Crippen LogP contribution is 2.34. The Morgan fingerprint density at radius 2 is 1.96 bits per heavy atom. The van der Waals surface area contributed by atoms with Gasteiger partial charge in [-0.15, -0.1) is 0 Å². The average molecular weight is 355 g/mol. The van der Waals surface area contributed by atoms with Crippen LogP contribution in [0.2, 0.25) is 0 Å². The number of hydrogen-bond acceptors (Lipinski definition) is 6. The van der Waals surface area contributed by atoms with Crippen LogP contribution in [0.5, 0.6) is 5.75 Å². The number of anilines is 1. The van der Waals surface area contributed by atoms with Crippen LogP contribution in [-0.4, -0.2) is 34.2 Å². The summed E-state index contributed by atoms with van der Waals surface area (Å²) in [5.74, 6) is -0.890. The van der Waals surface area contributed by atoms with Crippen LogP contribution < -0.4 is 9.64 Å². The van der Waals surface area contributed by atoms with E-state index in [0.29, 0.717) is 12.0 Å². The second kappa shape index (κ2) is 6.91. The van der Waals surface area contributed by atoms with E-state index < -0.39 is 22.8 Å². The Balaban J connectivity index is 1.97. The number of benzene rings is 1. The minimum atomic E-state index is -0.753. The van der Waals surface area contributed by atoms with Gasteiger partial charge < -0.3 is 14.9 Å². The predicted octanol–water partition coefficient (Wildman–Crippen LogP) is 2.69. The molecule has 0 saturated carbocycles. The molecule has 0 N–H and O–H groups in total. The standard InChI is InChI=1S/C18H17N3O5/c1-3-14-18(23)20(10-13(22)12-6-4-11(2)5-7-12)17-15(26-14)8-9-16(19-17)21(24)25/h4-9,14H,3,10H2,1-2H3. The van der Waals surface area contributed by atoms with Crippen molar-refractivity contribution in [1.29, 1.82) is 0 Å². The number of aryl methyl sites for hydroxylation is 1. The monoisotopic (exact) mass is 355 g/mol. The van der Waals surface area contributed by atoms with Crippen molar-refractivity contribution in [2.24, 2.45) is 0 Å². The fourth-order valence-corrected chi connectivity index (χ4v) is 2.68. The molecule has 3 rings (SSSR count). The second-order valence-corrected chi connectivity index (χ2v) is 5.98. The number of aromatic nitrogens is 1. The number of amides is 1. The Hall–Kier alpha value is -3.29. The highest BCUT2D eigenvalue weighted by Gasteiger charge is 2.39. The summed E-state index contributed by atoms with van der Waals surface area (Å²) >= 11 is 0. The van der Waals surface area contributed by atoms with Crippen LogP contribution in [0.3, 0.4) is 0 Å². The number of carbonyl (C=O) groups is 2. The maximum absolute atomic E-state index is 12.7. The van der Waals surface area contributed by atoms with E-state index in [1.807, 2.05) is 6.92 Å². The quantitative estimate of drug-likeness (QED) is 0.464. The number of nitro groups is 1. The molecule has 1 atom stereocenters. The van der Waals surface area contributed by atoms with Crippen LogP contribution in [0.1, 0.15) is 29.3 Å². The Kier molecular flexibility index (Phi) is 4.66. The zero-order valence-corrected chi connectivity index (χ0v) is 14.3. The van der Waals surface area contributed by atoms with Gasteiger partial charge in [-0.05, 0) is 29.3 Å². The van der Waals surface area contributed by atoms with E-state index >= 15 is 0 Å². The van der Waals surface area contributed by atoms with E-state index in [0.717, 1.165) is 5.56 Å². The van der Waals surface area contributed by atoms with E-state index in [4.69, 9.17) is 4.74 Å². The van der Waals surface area contributed by atoms with Crippen LogP contribution in [0, 0.1) is 17.0 Å². The first kappa shape index (κ1) is 17.5. The molecular weight excluding hydrogens is 338 g/mol. The molecule has 134 valence electrons. The zero-order chi connectivity index (χ0) is 18.8. The van der Waals surface area contributed by atoms with Crippen molar-refractivity contribution in [2.75, 3.05) is 11.4 Å². The zero-order valence-electron chi connectivity index (χ0n) is 14.3. The lowest BCUT2D eigenvalue weighted by Gasteiger charge is -2.30. The Morgan fingerprint density at radius 3 is 2.58 bits per heavy atom. The van der Waals surface area contributed by atoms with Crippen molar-refractivity contribution in [1.82, 2.24) is 4.98 Å². The van der Waals surface area contributed by atoms with Crippen molar-refractivity contribution in [3.8, 4) is 5.75 Å². The van der Waals surface area contributed by atoms with E-state index in [-0.39, 0.29) is 23.9 Å². The summed E-state index contributed by atoms with van der Waals surface area (Å²) < 4.78 is 5.57. The number of rotatable bonds is 5. The number of hydrogen-bond donors (Lipinski definition) is 0. The van der Waals surface area contributed by atoms with Gasteiger partial charge in [-0.2, -0.15) is 0 Å². The number of ketones is 1. The highest BCUT2D eigenvalue weighted by molar-refractivity contribution is 6.07. The topological polar surface area (TPSA) is 103 Å². The van der Waals surface area contributed by atoms with Gasteiger partial charge in [0.15, 0.2) is 17.6 Å². The van der Waals surface area contributed by atoms with Gasteiger partial charge in [-0.3, -0.25) is 14.5 Å². The van der Waals surface area contributed by atoms with Gasteiger partial charge >= 0.3 is 5.82 Å². The molecular formula is C18H17N3O5. The van der Waals surface area contributed by atoms with Crippen molar-refractivity contribution >= 4 is 23.3 Å². The number of pyridine rings is 1. The number of Topliss-reactive ketones (excluding diaryl/α,β-unsaturated/α-hetero) is 1. The Labute approximate surface area is 149 Å². The van der Waals surface area contributed by atoms with Gasteiger partial charge in [0.05, 0.1) is 6.54 Å². The molecule has 8 heteroatoms. The molecule has 0 saturated heterocycles. The van der Waals surface area contributed by atoms with E-state index in [2.05, 4.69) is 4.98 Å². The van der Waals surface area contributed by atoms with Crippen molar-refractivity contribution in [3.05, 3.63) is 57.6 Å². The van der Waals surface area contributed by atoms with E-state index in [9.17, 15) is 19.7 Å². The minimum Gasteiger partial charge on any atom is -0.474 e. The van der Waals surface area contributed by atoms with Gasteiger partial charge in [-0.1, -0.05) is 36.8 Å². The summed E-state index contributed by atoms with van der Waals surface area (Å²) in [6, 6.07) is 9.59. The van der Waals surface area contributed by atoms with Crippen LogP contribution in [0.4, 0.5) is 11.6 Å². The Bertz CT molecular complexity index is 879. The van der Waals surface area contributed by atoms with Crippen LogP contribution >= 0.6 is 0 Å². The SMILES string of the molecule is CCC1Oc2ccc([N+](=O)[O-])nc2N(CC(=O)c2ccc(C)cc2)C1=O. The van der Waals surface area contributed by atoms with Crippen LogP contribution in [-0.2, 0) is 4.79 Å². The molecule has 0 fully saturated rings. The lowest BCUT2D eigenvalue weighted by molar-refractivity contribution is -0.389. The molecule has 0 spiro atoms. The lowest BCUT2D eigenvalue weighted by Crippen LogP contribution is -2.48. The van der Waals surface area contributed by atoms with Gasteiger partial charge in [0.2, 0.25) is 0 Å². The molecule has 2 aromatic rings. The number of carbonyl (C=O) groups excluding carboxylic acids is 2. The first-order valence-corrected chi connectivity index (χ1v) is 8.14. The number of ether oxygens (including phenoxy) is 1. The largest absolute Gasteiger partial charge is 0.474 e. The molecule has 1 aromatic heterocycles. The molecule has 0 radical (unpaired) electrons. The smallest absolute Gasteiger partial charge is 0.366 e. The lowest BCUT2D eigenvalue weighted by atomic mass is 10.1. The maximum Gasteiger partial charge on any atom is 0.366 e. The van der Waals surface area contributed by atoms with Crippen LogP contribution in [0.25, 0.3) is 0 Å². The van der Waals surface area contributed by atoms with Gasteiger partial charge in [-0.25, -0.2) is 0 Å². The molecule has 0 aliphatic carbocycles. The van der Waals surface area contributed by atoms with Crippen LogP contribution in [0.15, 0.2) is 36.4 Å². The molecule has 0 bridgehead atoms. The maximum atomic E-state index is 12.7. The minimum absolute atomic E-state index is 0.00522. The van der Waals surface area contributed by atoms with Crippen molar-refractivity contribution < 1.29 is 19.2 Å². The summed E-state index contributed by atoms with van der Waals surface area (Å²) in [5, 5.41) is 11.0. The number of nitrogens with zero attached hydrogens (tertiary/aromatic N) is 3. The summed E-state index contributed by atoms with van der Waals surface area (Å²) in [6.45, 7) is 3.43.